The van der Waals surface area contributed by atoms with E-state index in [1.165, 1.54) is 50.0 Å². The van der Waals surface area contributed by atoms with Crippen molar-refractivity contribution in [2.24, 2.45) is 0 Å². The van der Waals surface area contributed by atoms with Crippen LogP contribution in [0.25, 0.3) is 0 Å². The molecule has 0 radical (unpaired) electrons. The Kier molecular flexibility index (Phi) is 4.97. The molecule has 1 saturated heterocycles. The van der Waals surface area contributed by atoms with E-state index in [2.05, 4.69) is 56.5 Å². The molecule has 1 aromatic carbocycles. The highest BCUT2D eigenvalue weighted by molar-refractivity contribution is 7.80. The van der Waals surface area contributed by atoms with Crippen molar-refractivity contribution in [3.8, 4) is 0 Å². The predicted octanol–water partition coefficient (Wildman–Crippen LogP) is 4.30. The molecule has 1 fully saturated rings. The highest BCUT2D eigenvalue weighted by Crippen LogP contribution is 2.26. The first-order valence-electron chi connectivity index (χ1n) is 7.51. The van der Waals surface area contributed by atoms with E-state index in [1.807, 2.05) is 0 Å². The molecule has 19 heavy (non-hydrogen) atoms. The summed E-state index contributed by atoms with van der Waals surface area (Å²) in [5.74, 6) is 0. The number of hydrogen-bond acceptors (Lipinski definition) is 2. The molecule has 0 aliphatic carbocycles. The Morgan fingerprint density at radius 1 is 1.05 bits per heavy atom. The SMILES string of the molecule is CC(C)(C)c1cc(S)cc(CCN2CCCCC2)c1. The lowest BCUT2D eigenvalue weighted by Crippen LogP contribution is -2.31. The number of nitrogens with zero attached hydrogens (tertiary/aromatic N) is 1. The second-order valence-corrected chi connectivity index (χ2v) is 7.31. The van der Waals surface area contributed by atoms with E-state index in [9.17, 15) is 0 Å². The minimum absolute atomic E-state index is 0.207. The summed E-state index contributed by atoms with van der Waals surface area (Å²) in [7, 11) is 0. The fourth-order valence-electron chi connectivity index (χ4n) is 2.72. The fraction of sp³-hybridized carbons (Fsp3) is 0.647. The summed E-state index contributed by atoms with van der Waals surface area (Å²) >= 11 is 4.56. The van der Waals surface area contributed by atoms with Crippen molar-refractivity contribution in [2.75, 3.05) is 19.6 Å². The Bertz CT molecular complexity index is 414. The normalized spacial score (nSPS) is 17.7. The van der Waals surface area contributed by atoms with Gasteiger partial charge in [0, 0.05) is 11.4 Å². The Morgan fingerprint density at radius 3 is 2.37 bits per heavy atom. The molecule has 2 heteroatoms. The molecule has 0 amide bonds. The minimum atomic E-state index is 0.207. The lowest BCUT2D eigenvalue weighted by molar-refractivity contribution is 0.231. The summed E-state index contributed by atoms with van der Waals surface area (Å²) < 4.78 is 0. The zero-order valence-corrected chi connectivity index (χ0v) is 13.5. The van der Waals surface area contributed by atoms with Gasteiger partial charge in [0.25, 0.3) is 0 Å². The van der Waals surface area contributed by atoms with Gasteiger partial charge in [-0.3, -0.25) is 0 Å². The van der Waals surface area contributed by atoms with Crippen LogP contribution in [0.1, 0.15) is 51.2 Å². The van der Waals surface area contributed by atoms with E-state index in [4.69, 9.17) is 0 Å². The van der Waals surface area contributed by atoms with Gasteiger partial charge in [-0.2, -0.15) is 0 Å². The minimum Gasteiger partial charge on any atom is -0.303 e. The first kappa shape index (κ1) is 14.9. The van der Waals surface area contributed by atoms with E-state index in [0.29, 0.717) is 0 Å². The third kappa shape index (κ3) is 4.54. The second-order valence-electron chi connectivity index (χ2n) is 6.79. The summed E-state index contributed by atoms with van der Waals surface area (Å²) in [6.45, 7) is 10.6. The van der Waals surface area contributed by atoms with Gasteiger partial charge in [-0.1, -0.05) is 33.3 Å². The lowest BCUT2D eigenvalue weighted by atomic mass is 9.86. The molecule has 1 aliphatic heterocycles. The lowest BCUT2D eigenvalue weighted by Gasteiger charge is -2.27. The average Bonchev–Trinajstić information content (AvgIpc) is 2.36. The molecular weight excluding hydrogens is 250 g/mol. The Labute approximate surface area is 123 Å². The maximum absolute atomic E-state index is 4.56. The van der Waals surface area contributed by atoms with Crippen molar-refractivity contribution in [1.82, 2.24) is 4.90 Å². The van der Waals surface area contributed by atoms with E-state index in [0.717, 1.165) is 11.3 Å². The summed E-state index contributed by atoms with van der Waals surface area (Å²) in [4.78, 5) is 3.70. The largest absolute Gasteiger partial charge is 0.303 e. The van der Waals surface area contributed by atoms with Crippen LogP contribution in [0.4, 0.5) is 0 Å². The average molecular weight is 277 g/mol. The number of rotatable bonds is 3. The smallest absolute Gasteiger partial charge is 0.00456 e. The van der Waals surface area contributed by atoms with Crippen molar-refractivity contribution in [3.05, 3.63) is 29.3 Å². The van der Waals surface area contributed by atoms with Gasteiger partial charge in [-0.05, 0) is 61.0 Å². The van der Waals surface area contributed by atoms with Crippen LogP contribution in [0.5, 0.6) is 0 Å². The van der Waals surface area contributed by atoms with Crippen molar-refractivity contribution in [3.63, 3.8) is 0 Å². The van der Waals surface area contributed by atoms with Crippen molar-refractivity contribution < 1.29 is 0 Å². The molecule has 106 valence electrons. The van der Waals surface area contributed by atoms with Crippen molar-refractivity contribution >= 4 is 12.6 Å². The molecular formula is C17H27NS. The second kappa shape index (κ2) is 6.32. The first-order valence-corrected chi connectivity index (χ1v) is 7.96. The van der Waals surface area contributed by atoms with Crippen molar-refractivity contribution in [1.29, 1.82) is 0 Å². The highest BCUT2D eigenvalue weighted by atomic mass is 32.1. The van der Waals surface area contributed by atoms with E-state index < -0.39 is 0 Å². The molecule has 0 aromatic heterocycles. The van der Waals surface area contributed by atoms with Crippen LogP contribution >= 0.6 is 12.6 Å². The molecule has 1 aromatic rings. The van der Waals surface area contributed by atoms with Gasteiger partial charge in [-0.15, -0.1) is 12.6 Å². The summed E-state index contributed by atoms with van der Waals surface area (Å²) in [6.07, 6.45) is 5.31. The number of benzene rings is 1. The number of thiol groups is 1. The van der Waals surface area contributed by atoms with Crippen LogP contribution in [0.3, 0.4) is 0 Å². The van der Waals surface area contributed by atoms with Crippen LogP contribution in [-0.2, 0) is 11.8 Å². The molecule has 0 unspecified atom stereocenters. The molecule has 0 saturated carbocycles. The number of hydrogen-bond donors (Lipinski definition) is 1. The van der Waals surface area contributed by atoms with Gasteiger partial charge in [-0.25, -0.2) is 0 Å². The molecule has 0 atom stereocenters. The van der Waals surface area contributed by atoms with Gasteiger partial charge in [0.15, 0.2) is 0 Å². The van der Waals surface area contributed by atoms with Crippen LogP contribution in [0.2, 0.25) is 0 Å². The molecule has 1 aliphatic rings. The first-order chi connectivity index (χ1) is 8.95. The maximum atomic E-state index is 4.56. The third-order valence-corrected chi connectivity index (χ3v) is 4.27. The highest BCUT2D eigenvalue weighted by Gasteiger charge is 2.15. The molecule has 2 rings (SSSR count). The van der Waals surface area contributed by atoms with Gasteiger partial charge in [0.2, 0.25) is 0 Å². The third-order valence-electron chi connectivity index (χ3n) is 4.01. The van der Waals surface area contributed by atoms with E-state index >= 15 is 0 Å². The monoisotopic (exact) mass is 277 g/mol. The van der Waals surface area contributed by atoms with Crippen LogP contribution in [0.15, 0.2) is 23.1 Å². The Morgan fingerprint density at radius 2 is 1.74 bits per heavy atom. The standard InChI is InChI=1S/C17H27NS/c1-17(2,3)15-11-14(12-16(19)13-15)7-10-18-8-5-4-6-9-18/h11-13,19H,4-10H2,1-3H3. The molecule has 1 heterocycles. The van der Waals surface area contributed by atoms with Gasteiger partial charge >= 0.3 is 0 Å². The van der Waals surface area contributed by atoms with Crippen LogP contribution in [0, 0.1) is 0 Å². The fourth-order valence-corrected chi connectivity index (χ4v) is 3.03. The Hall–Kier alpha value is -0.470. The molecule has 0 bridgehead atoms. The summed E-state index contributed by atoms with van der Waals surface area (Å²) in [6, 6.07) is 6.79. The van der Waals surface area contributed by atoms with Crippen LogP contribution < -0.4 is 0 Å². The predicted molar refractivity (Wildman–Crippen MR) is 86.4 cm³/mol. The molecule has 0 N–H and O–H groups in total. The van der Waals surface area contributed by atoms with Gasteiger partial charge < -0.3 is 4.90 Å². The number of piperidine rings is 1. The van der Waals surface area contributed by atoms with E-state index in [-0.39, 0.29) is 5.41 Å². The van der Waals surface area contributed by atoms with Gasteiger partial charge in [0.05, 0.1) is 0 Å². The maximum Gasteiger partial charge on any atom is 0.00456 e. The Balaban J connectivity index is 2.01. The van der Waals surface area contributed by atoms with E-state index in [1.54, 1.807) is 0 Å². The number of likely N-dealkylation sites (tertiary alicyclic amines) is 1. The summed E-state index contributed by atoms with van der Waals surface area (Å²) in [5, 5.41) is 0. The molecule has 1 nitrogen and oxygen atoms in total. The van der Waals surface area contributed by atoms with Crippen LogP contribution in [-0.4, -0.2) is 24.5 Å². The van der Waals surface area contributed by atoms with Crippen molar-refractivity contribution in [2.45, 2.75) is 56.8 Å². The summed E-state index contributed by atoms with van der Waals surface area (Å²) in [5.41, 5.74) is 3.04. The van der Waals surface area contributed by atoms with Gasteiger partial charge in [0.1, 0.15) is 0 Å². The quantitative estimate of drug-likeness (QED) is 0.806. The topological polar surface area (TPSA) is 3.24 Å². The zero-order chi connectivity index (χ0) is 13.9. The zero-order valence-electron chi connectivity index (χ0n) is 12.6. The molecule has 0 spiro atoms.